The lowest BCUT2D eigenvalue weighted by molar-refractivity contribution is -0.141. The summed E-state index contributed by atoms with van der Waals surface area (Å²) in [5.74, 6) is -1.27. The van der Waals surface area contributed by atoms with Crippen molar-refractivity contribution >= 4 is 24.4 Å². The maximum Gasteiger partial charge on any atom is 0.471 e. The van der Waals surface area contributed by atoms with E-state index in [2.05, 4.69) is 19.7 Å². The second-order valence-electron chi connectivity index (χ2n) is 9.51. The van der Waals surface area contributed by atoms with Crippen LogP contribution in [-0.2, 0) is 22.4 Å². The highest BCUT2D eigenvalue weighted by molar-refractivity contribution is 7.46. The summed E-state index contributed by atoms with van der Waals surface area (Å²) in [7, 11) is -4.95. The van der Waals surface area contributed by atoms with Gasteiger partial charge in [0.15, 0.2) is 5.65 Å². The molecule has 0 bridgehead atoms. The average Bonchev–Trinajstić information content (AvgIpc) is 3.46. The zero-order chi connectivity index (χ0) is 29.3. The Morgan fingerprint density at radius 1 is 1.15 bits per heavy atom. The maximum absolute atomic E-state index is 14.6. The van der Waals surface area contributed by atoms with Crippen LogP contribution >= 0.6 is 7.82 Å². The van der Waals surface area contributed by atoms with Crippen LogP contribution in [0, 0.1) is 5.95 Å². The van der Waals surface area contributed by atoms with Crippen LogP contribution in [0.4, 0.5) is 17.6 Å². The van der Waals surface area contributed by atoms with E-state index in [0.717, 1.165) is 27.2 Å². The molecule has 1 fully saturated rings. The number of H-pyrrole nitrogens is 1. The van der Waals surface area contributed by atoms with Gasteiger partial charge >= 0.3 is 19.7 Å². The lowest BCUT2D eigenvalue weighted by Gasteiger charge is -2.11. The van der Waals surface area contributed by atoms with E-state index in [-0.39, 0.29) is 28.7 Å². The molecule has 0 spiro atoms. The molecule has 0 radical (unpaired) electrons. The minimum Gasteiger partial charge on any atom is -0.303 e. The lowest BCUT2D eigenvalue weighted by atomic mass is 10.0. The molecule has 3 N–H and O–H groups in total. The van der Waals surface area contributed by atoms with Crippen LogP contribution in [0.25, 0.3) is 27.8 Å². The number of hydrogen-bond donors (Lipinski definition) is 3. The van der Waals surface area contributed by atoms with Crippen molar-refractivity contribution in [3.8, 4) is 11.3 Å². The number of aromatic amines is 1. The van der Waals surface area contributed by atoms with Gasteiger partial charge in [0.2, 0.25) is 5.95 Å². The van der Waals surface area contributed by atoms with Crippen molar-refractivity contribution in [2.45, 2.75) is 37.7 Å². The summed E-state index contributed by atoms with van der Waals surface area (Å²) >= 11 is 0. The smallest absolute Gasteiger partial charge is 0.303 e. The van der Waals surface area contributed by atoms with Crippen LogP contribution in [-0.4, -0.2) is 49.9 Å². The number of aromatic nitrogens is 7. The minimum atomic E-state index is -4.95. The molecule has 0 amide bonds. The van der Waals surface area contributed by atoms with E-state index in [1.165, 1.54) is 12.3 Å². The Labute approximate surface area is 224 Å². The van der Waals surface area contributed by atoms with Gasteiger partial charge in [0.05, 0.1) is 29.2 Å². The Morgan fingerprint density at radius 3 is 2.66 bits per heavy atom. The van der Waals surface area contributed by atoms with Gasteiger partial charge in [-0.3, -0.25) is 23.6 Å². The highest BCUT2D eigenvalue weighted by Crippen LogP contribution is 2.56. The van der Waals surface area contributed by atoms with Crippen molar-refractivity contribution < 1.29 is 36.4 Å². The number of halogens is 4. The summed E-state index contributed by atoms with van der Waals surface area (Å²) in [5.41, 5.74) is -0.487. The summed E-state index contributed by atoms with van der Waals surface area (Å²) < 4.78 is 71.5. The highest BCUT2D eigenvalue weighted by atomic mass is 31.2. The largest absolute Gasteiger partial charge is 0.471 e. The van der Waals surface area contributed by atoms with Crippen LogP contribution in [0.15, 0.2) is 52.4 Å². The first-order valence-corrected chi connectivity index (χ1v) is 13.4. The Balaban J connectivity index is 1.39. The summed E-state index contributed by atoms with van der Waals surface area (Å²) in [6.45, 7) is -2.13. The second-order valence-corrected chi connectivity index (χ2v) is 10.7. The number of phosphoric acid groups is 1. The van der Waals surface area contributed by atoms with Crippen LogP contribution in [0.5, 0.6) is 0 Å². The number of benzene rings is 1. The van der Waals surface area contributed by atoms with Crippen molar-refractivity contribution in [1.29, 1.82) is 0 Å². The average molecular weight is 595 g/mol. The first-order valence-electron chi connectivity index (χ1n) is 11.9. The van der Waals surface area contributed by atoms with Gasteiger partial charge in [-0.1, -0.05) is 12.1 Å². The Kier molecular flexibility index (Phi) is 6.22. The van der Waals surface area contributed by atoms with E-state index >= 15 is 0 Å². The highest BCUT2D eigenvalue weighted by Gasteiger charge is 2.42. The lowest BCUT2D eigenvalue weighted by Crippen LogP contribution is -2.31. The first-order chi connectivity index (χ1) is 19.3. The fourth-order valence-electron chi connectivity index (χ4n) is 4.82. The van der Waals surface area contributed by atoms with Crippen LogP contribution < -0.4 is 11.2 Å². The van der Waals surface area contributed by atoms with Crippen molar-refractivity contribution in [3.05, 3.63) is 80.8 Å². The summed E-state index contributed by atoms with van der Waals surface area (Å²) in [5, 5.41) is 8.50. The quantitative estimate of drug-likeness (QED) is 0.189. The van der Waals surface area contributed by atoms with E-state index in [4.69, 9.17) is 9.79 Å². The Bertz CT molecular complexity index is 1990. The summed E-state index contributed by atoms with van der Waals surface area (Å²) in [6, 6.07) is 6.57. The van der Waals surface area contributed by atoms with Crippen LogP contribution in [0.1, 0.15) is 29.4 Å². The van der Waals surface area contributed by atoms with Crippen LogP contribution in [0.3, 0.4) is 0 Å². The van der Waals surface area contributed by atoms with E-state index in [1.54, 1.807) is 18.2 Å². The number of fused-ring (bicyclic) bond motifs is 2. The molecule has 41 heavy (non-hydrogen) atoms. The zero-order valence-electron chi connectivity index (χ0n) is 20.5. The molecule has 2 atom stereocenters. The molecule has 18 heteroatoms. The van der Waals surface area contributed by atoms with Gasteiger partial charge in [-0.25, -0.2) is 14.3 Å². The summed E-state index contributed by atoms with van der Waals surface area (Å²) in [6.07, 6.45) is -0.651. The monoisotopic (exact) mass is 595 g/mol. The normalized spacial score (nSPS) is 17.5. The number of hydrogen-bond acceptors (Lipinski definition) is 7. The molecular formula is C23H18F4N7O6P. The molecule has 4 aromatic heterocycles. The number of nitrogens with one attached hydrogen (secondary N) is 1. The molecule has 6 rings (SSSR count). The zero-order valence-corrected chi connectivity index (χ0v) is 21.4. The Morgan fingerprint density at radius 2 is 1.93 bits per heavy atom. The predicted octanol–water partition coefficient (Wildman–Crippen LogP) is 2.64. The third-order valence-corrected chi connectivity index (χ3v) is 7.17. The fraction of sp³-hybridized carbons (Fsp3) is 0.261. The number of rotatable bonds is 7. The SMILES string of the molecule is O=c1[nH]c(=O)n(COP(=O)(O)O)cc1-c1cc([C@H]2C[C@@H]2c2ccc3cnn(CC(F)(F)F)c3c2)c2ncc(F)n2n1. The molecule has 5 aromatic rings. The van der Waals surface area contributed by atoms with Gasteiger partial charge in [0.1, 0.15) is 13.3 Å². The molecule has 0 saturated heterocycles. The van der Waals surface area contributed by atoms with E-state index in [0.29, 0.717) is 27.5 Å². The fourth-order valence-corrected chi connectivity index (χ4v) is 5.09. The van der Waals surface area contributed by atoms with E-state index in [1.807, 2.05) is 4.98 Å². The van der Waals surface area contributed by atoms with Crippen molar-refractivity contribution in [1.82, 2.24) is 33.9 Å². The van der Waals surface area contributed by atoms with E-state index < -0.39 is 44.5 Å². The van der Waals surface area contributed by atoms with E-state index in [9.17, 15) is 31.7 Å². The van der Waals surface area contributed by atoms with Gasteiger partial charge in [0.25, 0.3) is 5.56 Å². The maximum atomic E-state index is 14.6. The second kappa shape index (κ2) is 9.44. The van der Waals surface area contributed by atoms with Gasteiger partial charge in [-0.2, -0.15) is 32.3 Å². The number of phosphoric ester groups is 1. The molecule has 214 valence electrons. The molecule has 1 aromatic carbocycles. The van der Waals surface area contributed by atoms with Crippen LogP contribution in [0.2, 0.25) is 0 Å². The molecule has 1 aliphatic rings. The van der Waals surface area contributed by atoms with Gasteiger partial charge in [-0.15, -0.1) is 0 Å². The molecule has 1 aliphatic carbocycles. The third kappa shape index (κ3) is 5.31. The Hall–Kier alpha value is -4.18. The molecule has 0 aliphatic heterocycles. The van der Waals surface area contributed by atoms with Gasteiger partial charge < -0.3 is 9.79 Å². The number of alkyl halides is 3. The number of nitrogens with zero attached hydrogens (tertiary/aromatic N) is 6. The minimum absolute atomic E-state index is 0.0695. The third-order valence-electron chi connectivity index (χ3n) is 6.72. The molecule has 13 nitrogen and oxygen atoms in total. The molecule has 0 unspecified atom stereocenters. The molecule has 4 heterocycles. The van der Waals surface area contributed by atoms with Crippen molar-refractivity contribution in [2.75, 3.05) is 0 Å². The molecular weight excluding hydrogens is 577 g/mol. The standard InChI is InChI=1S/C23H18F4N7O6P/c24-19-7-28-20-15(14-4-13(14)11-1-2-12-6-29-33(18(12)3-11)9-23(25,26)27)5-17(31-34(19)20)16-8-32(10-40-41(37,38)39)22(36)30-21(16)35/h1-3,5-8,13-14H,4,9-10H2,(H,30,35,36)(H2,37,38,39)/t13-,14+/m1/s1. The topological polar surface area (TPSA) is 170 Å². The van der Waals surface area contributed by atoms with Crippen molar-refractivity contribution in [3.63, 3.8) is 0 Å². The predicted molar refractivity (Wildman–Crippen MR) is 132 cm³/mol. The molecule has 1 saturated carbocycles. The summed E-state index contributed by atoms with van der Waals surface area (Å²) in [4.78, 5) is 48.8. The van der Waals surface area contributed by atoms with Gasteiger partial charge in [0, 0.05) is 17.1 Å². The van der Waals surface area contributed by atoms with Gasteiger partial charge in [-0.05, 0) is 36.0 Å². The first kappa shape index (κ1) is 27.0. The number of imidazole rings is 1. The van der Waals surface area contributed by atoms with Crippen molar-refractivity contribution in [2.24, 2.45) is 0 Å².